The van der Waals surface area contributed by atoms with Crippen LogP contribution in [0, 0.1) is 11.6 Å². The molecule has 0 aromatic heterocycles. The summed E-state index contributed by atoms with van der Waals surface area (Å²) in [6, 6.07) is 1.82. The highest BCUT2D eigenvalue weighted by Gasteiger charge is 2.31. The van der Waals surface area contributed by atoms with Gasteiger partial charge in [0.05, 0.1) is 4.47 Å². The molecule has 0 bridgehead atoms. The summed E-state index contributed by atoms with van der Waals surface area (Å²) in [6.07, 6.45) is 0.467. The van der Waals surface area contributed by atoms with Crippen LogP contribution in [-0.4, -0.2) is 11.9 Å². The van der Waals surface area contributed by atoms with Crippen molar-refractivity contribution in [2.75, 3.05) is 0 Å². The zero-order valence-electron chi connectivity index (χ0n) is 7.60. The Morgan fingerprint density at radius 2 is 2.13 bits per heavy atom. The quantitative estimate of drug-likeness (QED) is 0.830. The van der Waals surface area contributed by atoms with Gasteiger partial charge >= 0.3 is 0 Å². The van der Waals surface area contributed by atoms with Gasteiger partial charge in [0.25, 0.3) is 0 Å². The second-order valence-electron chi connectivity index (χ2n) is 3.31. The molecule has 2 nitrogen and oxygen atoms in total. The van der Waals surface area contributed by atoms with Crippen molar-refractivity contribution >= 4 is 21.7 Å². The summed E-state index contributed by atoms with van der Waals surface area (Å²) >= 11 is 2.98. The van der Waals surface area contributed by atoms with Crippen molar-refractivity contribution in [1.29, 1.82) is 0 Å². The van der Waals surface area contributed by atoms with E-state index in [1.807, 2.05) is 0 Å². The number of Topliss-reactive ketones (excluding diaryl/α,β-unsaturated/α-hetero) is 1. The van der Waals surface area contributed by atoms with Gasteiger partial charge in [-0.25, -0.2) is 8.78 Å². The first kappa shape index (κ1) is 10.5. The second-order valence-corrected chi connectivity index (χ2v) is 4.16. The van der Waals surface area contributed by atoms with E-state index in [1.165, 1.54) is 0 Å². The van der Waals surface area contributed by atoms with Crippen molar-refractivity contribution < 1.29 is 18.3 Å². The topological polar surface area (TPSA) is 26.3 Å². The zero-order chi connectivity index (χ0) is 11.0. The van der Waals surface area contributed by atoms with Gasteiger partial charge in [0.15, 0.2) is 23.5 Å². The molecule has 0 saturated heterocycles. The molecule has 1 fully saturated rings. The Bertz CT molecular complexity index is 397. The van der Waals surface area contributed by atoms with E-state index in [1.54, 1.807) is 0 Å². The number of benzene rings is 1. The van der Waals surface area contributed by atoms with E-state index in [0.717, 1.165) is 12.1 Å². The molecule has 1 unspecified atom stereocenters. The maximum atomic E-state index is 13.3. The third kappa shape index (κ3) is 2.02. The minimum absolute atomic E-state index is 0.0503. The average Bonchev–Trinajstić information content (AvgIpc) is 2.14. The van der Waals surface area contributed by atoms with E-state index in [-0.39, 0.29) is 16.0 Å². The summed E-state index contributed by atoms with van der Waals surface area (Å²) in [5, 5.41) is 0. The number of hydrogen-bond acceptors (Lipinski definition) is 2. The molecule has 1 aromatic rings. The number of ketones is 1. The second kappa shape index (κ2) is 3.89. The molecule has 1 atom stereocenters. The number of rotatable bonds is 2. The third-order valence-corrected chi connectivity index (χ3v) is 2.82. The molecule has 15 heavy (non-hydrogen) atoms. The van der Waals surface area contributed by atoms with E-state index in [9.17, 15) is 13.6 Å². The SMILES string of the molecule is O=C1CCC1Oc1c(F)cc(F)cc1Br. The van der Waals surface area contributed by atoms with E-state index >= 15 is 0 Å². The lowest BCUT2D eigenvalue weighted by atomic mass is 9.94. The number of hydrogen-bond donors (Lipinski definition) is 0. The van der Waals surface area contributed by atoms with Gasteiger partial charge < -0.3 is 4.74 Å². The number of carbonyl (C=O) groups excluding carboxylic acids is 1. The first-order valence-corrected chi connectivity index (χ1v) is 5.21. The lowest BCUT2D eigenvalue weighted by molar-refractivity contribution is -0.133. The summed E-state index contributed by atoms with van der Waals surface area (Å²) in [7, 11) is 0. The summed E-state index contributed by atoms with van der Waals surface area (Å²) < 4.78 is 31.3. The maximum absolute atomic E-state index is 13.3. The fourth-order valence-electron chi connectivity index (χ4n) is 1.29. The minimum Gasteiger partial charge on any atom is -0.478 e. The van der Waals surface area contributed by atoms with Crippen LogP contribution in [0.3, 0.4) is 0 Å². The predicted molar refractivity (Wildman–Crippen MR) is 52.7 cm³/mol. The van der Waals surface area contributed by atoms with Crippen LogP contribution in [0.4, 0.5) is 8.78 Å². The van der Waals surface area contributed by atoms with Crippen molar-refractivity contribution in [3.63, 3.8) is 0 Å². The van der Waals surface area contributed by atoms with E-state index in [2.05, 4.69) is 15.9 Å². The largest absolute Gasteiger partial charge is 0.478 e. The number of carbonyl (C=O) groups is 1. The van der Waals surface area contributed by atoms with Crippen LogP contribution in [0.2, 0.25) is 0 Å². The molecule has 0 radical (unpaired) electrons. The van der Waals surface area contributed by atoms with Gasteiger partial charge in [0, 0.05) is 12.5 Å². The van der Waals surface area contributed by atoms with Crippen LogP contribution in [0.25, 0.3) is 0 Å². The van der Waals surface area contributed by atoms with Gasteiger partial charge in [-0.05, 0) is 28.4 Å². The Morgan fingerprint density at radius 1 is 1.40 bits per heavy atom. The Kier molecular flexibility index (Phi) is 2.73. The van der Waals surface area contributed by atoms with Crippen molar-refractivity contribution in [2.24, 2.45) is 0 Å². The molecular formula is C10H7BrF2O2. The molecule has 0 amide bonds. The normalized spacial score (nSPS) is 19.9. The average molecular weight is 277 g/mol. The Morgan fingerprint density at radius 3 is 2.60 bits per heavy atom. The Hall–Kier alpha value is -0.970. The van der Waals surface area contributed by atoms with Gasteiger partial charge in [-0.2, -0.15) is 0 Å². The van der Waals surface area contributed by atoms with Gasteiger partial charge in [-0.1, -0.05) is 0 Å². The van der Waals surface area contributed by atoms with Crippen molar-refractivity contribution in [3.8, 4) is 5.75 Å². The van der Waals surface area contributed by atoms with Crippen molar-refractivity contribution in [2.45, 2.75) is 18.9 Å². The van der Waals surface area contributed by atoms with Gasteiger partial charge in [-0.15, -0.1) is 0 Å². The fraction of sp³-hybridized carbons (Fsp3) is 0.300. The summed E-state index contributed by atoms with van der Waals surface area (Å²) in [5.41, 5.74) is 0. The summed E-state index contributed by atoms with van der Waals surface area (Å²) in [4.78, 5) is 11.0. The highest BCUT2D eigenvalue weighted by Crippen LogP contribution is 2.32. The lowest BCUT2D eigenvalue weighted by Crippen LogP contribution is -2.37. The van der Waals surface area contributed by atoms with Crippen LogP contribution in [0.1, 0.15) is 12.8 Å². The summed E-state index contributed by atoms with van der Waals surface area (Å²) in [5.74, 6) is -1.65. The van der Waals surface area contributed by atoms with Crippen LogP contribution < -0.4 is 4.74 Å². The summed E-state index contributed by atoms with van der Waals surface area (Å²) in [6.45, 7) is 0. The number of ether oxygens (including phenoxy) is 1. The highest BCUT2D eigenvalue weighted by molar-refractivity contribution is 9.10. The molecule has 0 heterocycles. The van der Waals surface area contributed by atoms with Crippen molar-refractivity contribution in [3.05, 3.63) is 28.2 Å². The first-order chi connectivity index (χ1) is 7.08. The molecule has 1 aliphatic carbocycles. The minimum atomic E-state index is -0.804. The van der Waals surface area contributed by atoms with Gasteiger partial charge in [0.1, 0.15) is 5.82 Å². The Balaban J connectivity index is 2.24. The van der Waals surface area contributed by atoms with Gasteiger partial charge in [-0.3, -0.25) is 4.79 Å². The molecular weight excluding hydrogens is 270 g/mol. The molecule has 0 spiro atoms. The molecule has 0 aliphatic heterocycles. The molecule has 2 rings (SSSR count). The zero-order valence-corrected chi connectivity index (χ0v) is 9.18. The van der Waals surface area contributed by atoms with Crippen LogP contribution in [0.5, 0.6) is 5.75 Å². The highest BCUT2D eigenvalue weighted by atomic mass is 79.9. The molecule has 1 aliphatic rings. The van der Waals surface area contributed by atoms with Crippen LogP contribution in [-0.2, 0) is 4.79 Å². The predicted octanol–water partition coefficient (Wildman–Crippen LogP) is 2.84. The third-order valence-electron chi connectivity index (χ3n) is 2.24. The van der Waals surface area contributed by atoms with Crippen LogP contribution >= 0.6 is 15.9 Å². The Labute approximate surface area is 93.4 Å². The lowest BCUT2D eigenvalue weighted by Gasteiger charge is -2.25. The maximum Gasteiger partial charge on any atom is 0.173 e. The van der Waals surface area contributed by atoms with Gasteiger partial charge in [0.2, 0.25) is 0 Å². The molecule has 80 valence electrons. The monoisotopic (exact) mass is 276 g/mol. The van der Waals surface area contributed by atoms with Crippen molar-refractivity contribution in [1.82, 2.24) is 0 Å². The van der Waals surface area contributed by atoms with E-state index < -0.39 is 17.7 Å². The molecule has 1 saturated carbocycles. The molecule has 1 aromatic carbocycles. The standard InChI is InChI=1S/C10H7BrF2O2/c11-6-3-5(12)4-7(13)10(6)15-9-2-1-8(9)14/h3-4,9H,1-2H2. The number of halogens is 3. The van der Waals surface area contributed by atoms with E-state index in [4.69, 9.17) is 4.74 Å². The smallest absolute Gasteiger partial charge is 0.173 e. The fourth-order valence-corrected chi connectivity index (χ4v) is 1.79. The molecule has 0 N–H and O–H groups in total. The van der Waals surface area contributed by atoms with E-state index in [0.29, 0.717) is 12.8 Å². The first-order valence-electron chi connectivity index (χ1n) is 4.42. The molecule has 5 heteroatoms. The van der Waals surface area contributed by atoms with Crippen LogP contribution in [0.15, 0.2) is 16.6 Å².